The minimum absolute atomic E-state index is 0.184. The topological polar surface area (TPSA) is 48.1 Å². The second kappa shape index (κ2) is 4.46. The van der Waals surface area contributed by atoms with Crippen molar-refractivity contribution in [3.63, 3.8) is 0 Å². The number of carbonyl (C=O) groups excluding carboxylic acids is 1. The van der Waals surface area contributed by atoms with Crippen LogP contribution in [0.1, 0.15) is 11.1 Å². The Morgan fingerprint density at radius 2 is 2.28 bits per heavy atom. The van der Waals surface area contributed by atoms with E-state index in [-0.39, 0.29) is 5.91 Å². The molecule has 0 saturated carbocycles. The maximum absolute atomic E-state index is 11.8. The molecule has 1 saturated heterocycles. The number of benzene rings is 1. The number of piperazine rings is 1. The molecule has 1 fully saturated rings. The Bertz CT molecular complexity index is 588. The van der Waals surface area contributed by atoms with Crippen LogP contribution in [0.4, 0.5) is 0 Å². The number of aromatic nitrogens is 1. The van der Waals surface area contributed by atoms with E-state index < -0.39 is 0 Å². The third-order valence-electron chi connectivity index (χ3n) is 3.47. The van der Waals surface area contributed by atoms with Crippen LogP contribution < -0.4 is 5.32 Å². The Morgan fingerprint density at radius 1 is 1.39 bits per heavy atom. The summed E-state index contributed by atoms with van der Waals surface area (Å²) in [6.07, 6.45) is 2.01. The number of H-pyrrole nitrogens is 1. The van der Waals surface area contributed by atoms with Crippen LogP contribution in [0.5, 0.6) is 0 Å². The molecule has 1 aliphatic rings. The van der Waals surface area contributed by atoms with Gasteiger partial charge in [0.25, 0.3) is 0 Å². The fourth-order valence-electron chi connectivity index (χ4n) is 2.44. The van der Waals surface area contributed by atoms with Crippen LogP contribution >= 0.6 is 0 Å². The molecule has 1 aromatic carbocycles. The number of hydrogen-bond acceptors (Lipinski definition) is 2. The zero-order chi connectivity index (χ0) is 12.5. The van der Waals surface area contributed by atoms with E-state index in [1.54, 1.807) is 0 Å². The smallest absolute Gasteiger partial charge is 0.236 e. The van der Waals surface area contributed by atoms with Crippen molar-refractivity contribution in [1.29, 1.82) is 0 Å². The zero-order valence-electron chi connectivity index (χ0n) is 10.5. The van der Waals surface area contributed by atoms with Crippen molar-refractivity contribution in [2.45, 2.75) is 13.5 Å². The molecule has 0 spiro atoms. The van der Waals surface area contributed by atoms with Gasteiger partial charge in [0.2, 0.25) is 5.91 Å². The second-order valence-electron chi connectivity index (χ2n) is 4.86. The van der Waals surface area contributed by atoms with E-state index >= 15 is 0 Å². The first kappa shape index (κ1) is 11.3. The van der Waals surface area contributed by atoms with Gasteiger partial charge in [0.15, 0.2) is 0 Å². The van der Waals surface area contributed by atoms with Gasteiger partial charge >= 0.3 is 0 Å². The van der Waals surface area contributed by atoms with Crippen LogP contribution in [0.2, 0.25) is 0 Å². The van der Waals surface area contributed by atoms with E-state index in [9.17, 15) is 4.79 Å². The van der Waals surface area contributed by atoms with Crippen LogP contribution in [-0.2, 0) is 11.3 Å². The number of aryl methyl sites for hydroxylation is 1. The van der Waals surface area contributed by atoms with Gasteiger partial charge in [-0.3, -0.25) is 4.79 Å². The molecular formula is C14H17N3O. The van der Waals surface area contributed by atoms with Crippen LogP contribution in [0, 0.1) is 6.92 Å². The molecule has 0 radical (unpaired) electrons. The molecular weight excluding hydrogens is 226 g/mol. The van der Waals surface area contributed by atoms with E-state index in [2.05, 4.69) is 35.4 Å². The molecule has 2 N–H and O–H groups in total. The molecule has 4 heteroatoms. The lowest BCUT2D eigenvalue weighted by atomic mass is 10.1. The second-order valence-corrected chi connectivity index (χ2v) is 4.86. The summed E-state index contributed by atoms with van der Waals surface area (Å²) in [7, 11) is 0. The lowest BCUT2D eigenvalue weighted by Gasteiger charge is -2.27. The molecule has 2 heterocycles. The Morgan fingerprint density at radius 3 is 3.11 bits per heavy atom. The van der Waals surface area contributed by atoms with E-state index in [1.165, 1.54) is 16.5 Å². The zero-order valence-corrected chi connectivity index (χ0v) is 10.5. The van der Waals surface area contributed by atoms with Crippen molar-refractivity contribution < 1.29 is 4.79 Å². The van der Waals surface area contributed by atoms with E-state index in [1.807, 2.05) is 11.1 Å². The lowest BCUT2D eigenvalue weighted by Crippen LogP contribution is -2.47. The number of carbonyl (C=O) groups is 1. The number of rotatable bonds is 2. The van der Waals surface area contributed by atoms with Gasteiger partial charge < -0.3 is 15.2 Å². The van der Waals surface area contributed by atoms with Crippen molar-refractivity contribution in [3.05, 3.63) is 35.5 Å². The summed E-state index contributed by atoms with van der Waals surface area (Å²) in [6, 6.07) is 6.36. The van der Waals surface area contributed by atoms with E-state index in [4.69, 9.17) is 0 Å². The summed E-state index contributed by atoms with van der Waals surface area (Å²) >= 11 is 0. The highest BCUT2D eigenvalue weighted by Gasteiger charge is 2.18. The molecule has 1 aromatic heterocycles. The highest BCUT2D eigenvalue weighted by molar-refractivity contribution is 5.85. The van der Waals surface area contributed by atoms with Gasteiger partial charge in [-0.1, -0.05) is 11.6 Å². The number of nitrogens with one attached hydrogen (secondary N) is 2. The van der Waals surface area contributed by atoms with Crippen LogP contribution in [0.15, 0.2) is 24.4 Å². The Balaban J connectivity index is 1.90. The SMILES string of the molecule is Cc1ccc2[nH]cc(CN3CCNCC3=O)c2c1. The Kier molecular flexibility index (Phi) is 2.80. The van der Waals surface area contributed by atoms with Gasteiger partial charge in [0.1, 0.15) is 0 Å². The summed E-state index contributed by atoms with van der Waals surface area (Å²) < 4.78 is 0. The largest absolute Gasteiger partial charge is 0.361 e. The lowest BCUT2D eigenvalue weighted by molar-refractivity contribution is -0.132. The normalized spacial score (nSPS) is 16.5. The van der Waals surface area contributed by atoms with Crippen LogP contribution in [0.25, 0.3) is 10.9 Å². The fraction of sp³-hybridized carbons (Fsp3) is 0.357. The maximum atomic E-state index is 11.8. The molecule has 1 amide bonds. The van der Waals surface area contributed by atoms with Gasteiger partial charge in [-0.25, -0.2) is 0 Å². The molecule has 0 aliphatic carbocycles. The van der Waals surface area contributed by atoms with Gasteiger partial charge in [-0.2, -0.15) is 0 Å². The fourth-order valence-corrected chi connectivity index (χ4v) is 2.44. The number of nitrogens with zero attached hydrogens (tertiary/aromatic N) is 1. The Hall–Kier alpha value is -1.81. The Labute approximate surface area is 106 Å². The van der Waals surface area contributed by atoms with Gasteiger partial charge in [-0.15, -0.1) is 0 Å². The number of aromatic amines is 1. The van der Waals surface area contributed by atoms with Gasteiger partial charge in [0, 0.05) is 36.7 Å². The monoisotopic (exact) mass is 243 g/mol. The highest BCUT2D eigenvalue weighted by Crippen LogP contribution is 2.21. The molecule has 0 atom stereocenters. The molecule has 1 aliphatic heterocycles. The van der Waals surface area contributed by atoms with E-state index in [0.717, 1.165) is 18.6 Å². The third-order valence-corrected chi connectivity index (χ3v) is 3.47. The van der Waals surface area contributed by atoms with Crippen molar-refractivity contribution in [3.8, 4) is 0 Å². The van der Waals surface area contributed by atoms with Crippen LogP contribution in [-0.4, -0.2) is 35.4 Å². The van der Waals surface area contributed by atoms with E-state index in [0.29, 0.717) is 13.1 Å². The number of amides is 1. The summed E-state index contributed by atoms with van der Waals surface area (Å²) in [4.78, 5) is 17.0. The minimum Gasteiger partial charge on any atom is -0.361 e. The average molecular weight is 243 g/mol. The summed E-state index contributed by atoms with van der Waals surface area (Å²) in [5.74, 6) is 0.184. The average Bonchev–Trinajstić information content (AvgIpc) is 2.75. The maximum Gasteiger partial charge on any atom is 0.236 e. The summed E-state index contributed by atoms with van der Waals surface area (Å²) in [6.45, 7) is 4.92. The molecule has 4 nitrogen and oxygen atoms in total. The standard InChI is InChI=1S/C14H17N3O/c1-10-2-3-13-12(6-10)11(7-16-13)9-17-5-4-15-8-14(17)18/h2-3,6-7,15-16H,4-5,8-9H2,1H3. The van der Waals surface area contributed by atoms with Crippen molar-refractivity contribution in [2.24, 2.45) is 0 Å². The first-order chi connectivity index (χ1) is 8.74. The quantitative estimate of drug-likeness (QED) is 0.837. The summed E-state index contributed by atoms with van der Waals surface area (Å²) in [5.41, 5.74) is 3.58. The van der Waals surface area contributed by atoms with Crippen molar-refractivity contribution in [1.82, 2.24) is 15.2 Å². The first-order valence-electron chi connectivity index (χ1n) is 6.29. The third kappa shape index (κ3) is 1.99. The van der Waals surface area contributed by atoms with Crippen LogP contribution in [0.3, 0.4) is 0 Å². The van der Waals surface area contributed by atoms with Gasteiger partial charge in [-0.05, 0) is 24.6 Å². The van der Waals surface area contributed by atoms with Gasteiger partial charge in [0.05, 0.1) is 6.54 Å². The number of hydrogen-bond donors (Lipinski definition) is 2. The minimum atomic E-state index is 0.184. The molecule has 94 valence electrons. The number of fused-ring (bicyclic) bond motifs is 1. The molecule has 2 aromatic rings. The molecule has 0 bridgehead atoms. The first-order valence-corrected chi connectivity index (χ1v) is 6.29. The predicted molar refractivity (Wildman–Crippen MR) is 71.3 cm³/mol. The van der Waals surface area contributed by atoms with Crippen molar-refractivity contribution in [2.75, 3.05) is 19.6 Å². The summed E-state index contributed by atoms with van der Waals surface area (Å²) in [5, 5.41) is 4.31. The molecule has 18 heavy (non-hydrogen) atoms. The highest BCUT2D eigenvalue weighted by atomic mass is 16.2. The predicted octanol–water partition coefficient (Wildman–Crippen LogP) is 1.41. The molecule has 3 rings (SSSR count). The van der Waals surface area contributed by atoms with Crippen molar-refractivity contribution >= 4 is 16.8 Å². The molecule has 0 unspecified atom stereocenters.